The van der Waals surface area contributed by atoms with Crippen molar-refractivity contribution in [2.24, 2.45) is 0 Å². The van der Waals surface area contributed by atoms with Crippen LogP contribution in [0.2, 0.25) is 5.15 Å². The molecule has 1 heterocycles. The fraction of sp³-hybridized carbons (Fsp3) is 0.0909. The summed E-state index contributed by atoms with van der Waals surface area (Å²) in [5.74, 6) is -1.18. The van der Waals surface area contributed by atoms with Gasteiger partial charge in [0.15, 0.2) is 0 Å². The fourth-order valence-corrected chi connectivity index (χ4v) is 1.50. The topological polar surface area (TPSA) is 25.8 Å². The second kappa shape index (κ2) is 4.53. The highest BCUT2D eigenvalue weighted by Gasteiger charge is 2.06. The van der Waals surface area contributed by atoms with Crippen molar-refractivity contribution in [2.45, 2.75) is 6.42 Å². The van der Waals surface area contributed by atoms with Crippen molar-refractivity contribution in [1.82, 2.24) is 9.97 Å². The summed E-state index contributed by atoms with van der Waals surface area (Å²) in [5.41, 5.74) is 0.960. The van der Waals surface area contributed by atoms with Crippen LogP contribution in [0.15, 0.2) is 30.6 Å². The Bertz CT molecular complexity index is 517. The van der Waals surface area contributed by atoms with Crippen LogP contribution in [0, 0.1) is 11.6 Å². The molecular weight excluding hydrogens is 234 g/mol. The first-order valence-corrected chi connectivity index (χ1v) is 4.93. The Balaban J connectivity index is 2.27. The molecule has 0 spiro atoms. The van der Waals surface area contributed by atoms with Crippen molar-refractivity contribution >= 4 is 11.6 Å². The zero-order valence-electron chi connectivity index (χ0n) is 8.12. The first kappa shape index (κ1) is 11.0. The van der Waals surface area contributed by atoms with Crippen molar-refractivity contribution in [3.63, 3.8) is 0 Å². The van der Waals surface area contributed by atoms with Crippen LogP contribution in [-0.4, -0.2) is 9.97 Å². The van der Waals surface area contributed by atoms with Crippen molar-refractivity contribution in [1.29, 1.82) is 0 Å². The third kappa shape index (κ3) is 2.52. The number of aromatic nitrogens is 2. The third-order valence-electron chi connectivity index (χ3n) is 2.08. The second-order valence-electron chi connectivity index (χ2n) is 3.24. The lowest BCUT2D eigenvalue weighted by atomic mass is 10.1. The predicted octanol–water partition coefficient (Wildman–Crippen LogP) is 3.00. The SMILES string of the molecule is Fc1ccc(Cc2cc(Cl)ncn2)c(F)c1. The highest BCUT2D eigenvalue weighted by molar-refractivity contribution is 6.29. The van der Waals surface area contributed by atoms with E-state index < -0.39 is 11.6 Å². The molecule has 0 bridgehead atoms. The lowest BCUT2D eigenvalue weighted by molar-refractivity contribution is 0.574. The van der Waals surface area contributed by atoms with E-state index >= 15 is 0 Å². The van der Waals surface area contributed by atoms with Crippen molar-refractivity contribution in [2.75, 3.05) is 0 Å². The molecule has 0 saturated heterocycles. The molecule has 0 aliphatic carbocycles. The molecular formula is C11H7ClF2N2. The van der Waals surface area contributed by atoms with Crippen LogP contribution in [0.3, 0.4) is 0 Å². The van der Waals surface area contributed by atoms with Crippen LogP contribution >= 0.6 is 11.6 Å². The van der Waals surface area contributed by atoms with Gasteiger partial charge in [-0.3, -0.25) is 0 Å². The molecule has 2 nitrogen and oxygen atoms in total. The van der Waals surface area contributed by atoms with E-state index in [9.17, 15) is 8.78 Å². The van der Waals surface area contributed by atoms with E-state index in [1.165, 1.54) is 18.5 Å². The van der Waals surface area contributed by atoms with Gasteiger partial charge in [0.2, 0.25) is 0 Å². The molecule has 16 heavy (non-hydrogen) atoms. The van der Waals surface area contributed by atoms with E-state index in [1.54, 1.807) is 6.07 Å². The summed E-state index contributed by atoms with van der Waals surface area (Å²) in [6.07, 6.45) is 1.56. The maximum Gasteiger partial charge on any atom is 0.132 e. The average molecular weight is 241 g/mol. The number of halogens is 3. The zero-order chi connectivity index (χ0) is 11.5. The molecule has 1 aromatic carbocycles. The quantitative estimate of drug-likeness (QED) is 0.754. The van der Waals surface area contributed by atoms with Crippen LogP contribution in [0.5, 0.6) is 0 Å². The molecule has 1 aromatic heterocycles. The molecule has 2 aromatic rings. The molecule has 5 heteroatoms. The molecule has 0 saturated carbocycles. The standard InChI is InChI=1S/C11H7ClF2N2/c12-11-5-9(15-6-16-11)3-7-1-2-8(13)4-10(7)14/h1-2,4-6H,3H2. The average Bonchev–Trinajstić information content (AvgIpc) is 2.22. The van der Waals surface area contributed by atoms with Gasteiger partial charge in [-0.15, -0.1) is 0 Å². The minimum atomic E-state index is -0.595. The summed E-state index contributed by atoms with van der Waals surface area (Å²) in [7, 11) is 0. The monoisotopic (exact) mass is 240 g/mol. The van der Waals surface area contributed by atoms with Gasteiger partial charge in [-0.1, -0.05) is 17.7 Å². The molecule has 2 rings (SSSR count). The minimum absolute atomic E-state index is 0.258. The van der Waals surface area contributed by atoms with E-state index in [-0.39, 0.29) is 6.42 Å². The van der Waals surface area contributed by atoms with Crippen molar-refractivity contribution in [3.05, 3.63) is 58.6 Å². The lowest BCUT2D eigenvalue weighted by Gasteiger charge is -2.02. The van der Waals surface area contributed by atoms with Crippen LogP contribution in [-0.2, 0) is 6.42 Å². The molecule has 0 fully saturated rings. The van der Waals surface area contributed by atoms with E-state index in [2.05, 4.69) is 9.97 Å². The zero-order valence-corrected chi connectivity index (χ0v) is 8.88. The molecule has 0 atom stereocenters. The Hall–Kier alpha value is -1.55. The van der Waals surface area contributed by atoms with Gasteiger partial charge in [0, 0.05) is 18.2 Å². The van der Waals surface area contributed by atoms with Gasteiger partial charge in [0.05, 0.1) is 0 Å². The first-order chi connectivity index (χ1) is 7.65. The highest BCUT2D eigenvalue weighted by Crippen LogP contribution is 2.14. The van der Waals surface area contributed by atoms with Gasteiger partial charge in [0.25, 0.3) is 0 Å². The lowest BCUT2D eigenvalue weighted by Crippen LogP contribution is -1.96. The molecule has 0 unspecified atom stereocenters. The number of nitrogens with zero attached hydrogens (tertiary/aromatic N) is 2. The molecule has 0 amide bonds. The van der Waals surface area contributed by atoms with Gasteiger partial charge in [-0.2, -0.15) is 0 Å². The molecule has 0 aliphatic rings. The Labute approximate surface area is 95.9 Å². The van der Waals surface area contributed by atoms with Crippen LogP contribution < -0.4 is 0 Å². The first-order valence-electron chi connectivity index (χ1n) is 4.55. The second-order valence-corrected chi connectivity index (χ2v) is 3.63. The van der Waals surface area contributed by atoms with Crippen LogP contribution in [0.4, 0.5) is 8.78 Å². The van der Waals surface area contributed by atoms with E-state index in [0.29, 0.717) is 16.4 Å². The maximum atomic E-state index is 13.3. The molecule has 0 aliphatic heterocycles. The number of hydrogen-bond donors (Lipinski definition) is 0. The van der Waals surface area contributed by atoms with E-state index in [0.717, 1.165) is 6.07 Å². The number of benzene rings is 1. The van der Waals surface area contributed by atoms with Crippen molar-refractivity contribution < 1.29 is 8.78 Å². The summed E-state index contributed by atoms with van der Waals surface area (Å²) < 4.78 is 26.0. The van der Waals surface area contributed by atoms with Crippen molar-refractivity contribution in [3.8, 4) is 0 Å². The maximum absolute atomic E-state index is 13.3. The molecule has 82 valence electrons. The van der Waals surface area contributed by atoms with E-state index in [4.69, 9.17) is 11.6 Å². The summed E-state index contributed by atoms with van der Waals surface area (Å²) in [6.45, 7) is 0. The highest BCUT2D eigenvalue weighted by atomic mass is 35.5. The van der Waals surface area contributed by atoms with Gasteiger partial charge >= 0.3 is 0 Å². The Morgan fingerprint density at radius 1 is 1.12 bits per heavy atom. The fourth-order valence-electron chi connectivity index (χ4n) is 1.33. The van der Waals surface area contributed by atoms with E-state index in [1.807, 2.05) is 0 Å². The van der Waals surface area contributed by atoms with Gasteiger partial charge in [-0.05, 0) is 17.7 Å². The normalized spacial score (nSPS) is 10.4. The van der Waals surface area contributed by atoms with Crippen LogP contribution in [0.25, 0.3) is 0 Å². The summed E-state index contributed by atoms with van der Waals surface area (Å²) >= 11 is 5.67. The smallest absolute Gasteiger partial charge is 0.132 e. The van der Waals surface area contributed by atoms with Crippen LogP contribution in [0.1, 0.15) is 11.3 Å². The number of rotatable bonds is 2. The molecule has 0 radical (unpaired) electrons. The Morgan fingerprint density at radius 3 is 2.62 bits per heavy atom. The minimum Gasteiger partial charge on any atom is -0.241 e. The summed E-state index contributed by atoms with van der Waals surface area (Å²) in [6, 6.07) is 4.99. The predicted molar refractivity (Wildman–Crippen MR) is 56.2 cm³/mol. The van der Waals surface area contributed by atoms with Gasteiger partial charge in [0.1, 0.15) is 23.1 Å². The third-order valence-corrected chi connectivity index (χ3v) is 2.28. The number of hydrogen-bond acceptors (Lipinski definition) is 2. The Morgan fingerprint density at radius 2 is 1.94 bits per heavy atom. The molecule has 0 N–H and O–H groups in total. The Kier molecular flexibility index (Phi) is 3.10. The summed E-state index contributed by atoms with van der Waals surface area (Å²) in [4.78, 5) is 7.66. The van der Waals surface area contributed by atoms with Gasteiger partial charge < -0.3 is 0 Å². The van der Waals surface area contributed by atoms with Gasteiger partial charge in [-0.25, -0.2) is 18.7 Å². The summed E-state index contributed by atoms with van der Waals surface area (Å²) in [5, 5.41) is 0.299. The largest absolute Gasteiger partial charge is 0.241 e.